The fourth-order valence-electron chi connectivity index (χ4n) is 3.25. The molecule has 32 heavy (non-hydrogen) atoms. The highest BCUT2D eigenvalue weighted by molar-refractivity contribution is 7.89. The van der Waals surface area contributed by atoms with Crippen molar-refractivity contribution < 1.29 is 22.4 Å². The summed E-state index contributed by atoms with van der Waals surface area (Å²) < 4.78 is 40.5. The average molecular weight is 495 g/mol. The predicted octanol–water partition coefficient (Wildman–Crippen LogP) is 2.67. The molecular formula is C20H19FN4O4S3. The number of halogens is 1. The summed E-state index contributed by atoms with van der Waals surface area (Å²) in [6.07, 6.45) is 0.0471. The zero-order chi connectivity index (χ0) is 22.7. The van der Waals surface area contributed by atoms with E-state index in [-0.39, 0.29) is 49.3 Å². The highest BCUT2D eigenvalue weighted by atomic mass is 32.2. The molecule has 0 saturated carbocycles. The maximum Gasteiger partial charge on any atom is 0.267 e. The molecule has 1 fully saturated rings. The number of piperazine rings is 1. The first-order valence-electron chi connectivity index (χ1n) is 9.66. The molecule has 0 bridgehead atoms. The minimum atomic E-state index is -3.96. The quantitative estimate of drug-likeness (QED) is 0.568. The number of hydrogen-bond acceptors (Lipinski definition) is 7. The van der Waals surface area contributed by atoms with Crippen LogP contribution < -0.4 is 5.32 Å². The van der Waals surface area contributed by atoms with E-state index in [2.05, 4.69) is 10.3 Å². The number of carbonyl (C=O) groups excluding carboxylic acids is 2. The molecule has 2 amide bonds. The Balaban J connectivity index is 1.32. The van der Waals surface area contributed by atoms with Gasteiger partial charge in [-0.25, -0.2) is 17.8 Å². The Morgan fingerprint density at radius 1 is 1.06 bits per heavy atom. The Morgan fingerprint density at radius 2 is 1.81 bits per heavy atom. The summed E-state index contributed by atoms with van der Waals surface area (Å²) in [6, 6.07) is 8.75. The Labute approximate surface area is 192 Å². The summed E-state index contributed by atoms with van der Waals surface area (Å²) in [7, 11) is -3.96. The molecule has 4 rings (SSSR count). The lowest BCUT2D eigenvalue weighted by Gasteiger charge is -2.34. The van der Waals surface area contributed by atoms with E-state index >= 15 is 0 Å². The lowest BCUT2D eigenvalue weighted by Crippen LogP contribution is -2.51. The molecule has 12 heteroatoms. The van der Waals surface area contributed by atoms with Gasteiger partial charge in [0, 0.05) is 31.6 Å². The van der Waals surface area contributed by atoms with Gasteiger partial charge in [0.25, 0.3) is 5.91 Å². The van der Waals surface area contributed by atoms with Crippen LogP contribution in [0.25, 0.3) is 0 Å². The van der Waals surface area contributed by atoms with Crippen LogP contribution in [0.1, 0.15) is 15.4 Å². The van der Waals surface area contributed by atoms with Crippen molar-refractivity contribution in [3.8, 4) is 0 Å². The predicted molar refractivity (Wildman–Crippen MR) is 120 cm³/mol. The molecule has 0 atom stereocenters. The molecule has 0 spiro atoms. The molecule has 3 heterocycles. The fraction of sp³-hybridized carbons (Fsp3) is 0.250. The summed E-state index contributed by atoms with van der Waals surface area (Å²) >= 11 is 2.56. The van der Waals surface area contributed by atoms with Gasteiger partial charge >= 0.3 is 0 Å². The van der Waals surface area contributed by atoms with Crippen molar-refractivity contribution in [2.75, 3.05) is 31.5 Å². The highest BCUT2D eigenvalue weighted by Crippen LogP contribution is 2.22. The molecule has 0 radical (unpaired) electrons. The largest absolute Gasteiger partial charge is 0.340 e. The summed E-state index contributed by atoms with van der Waals surface area (Å²) in [5, 5.41) is 6.64. The van der Waals surface area contributed by atoms with Crippen LogP contribution in [0.2, 0.25) is 0 Å². The molecule has 3 aromatic rings. The maximum atomic E-state index is 13.9. The Kier molecular flexibility index (Phi) is 6.65. The first kappa shape index (κ1) is 22.5. The summed E-state index contributed by atoms with van der Waals surface area (Å²) in [6.45, 7) is 0.584. The normalized spacial score (nSPS) is 15.0. The molecule has 1 aliphatic heterocycles. The van der Waals surface area contributed by atoms with Gasteiger partial charge in [-0.15, -0.1) is 22.7 Å². The second-order valence-corrected chi connectivity index (χ2v) is 10.7. The highest BCUT2D eigenvalue weighted by Gasteiger charge is 2.31. The number of nitrogens with zero attached hydrogens (tertiary/aromatic N) is 3. The van der Waals surface area contributed by atoms with E-state index in [1.807, 2.05) is 5.38 Å². The number of thiophene rings is 1. The second-order valence-electron chi connectivity index (χ2n) is 6.97. The molecule has 8 nitrogen and oxygen atoms in total. The second kappa shape index (κ2) is 9.45. The summed E-state index contributed by atoms with van der Waals surface area (Å²) in [4.78, 5) is 30.8. The zero-order valence-corrected chi connectivity index (χ0v) is 19.2. The van der Waals surface area contributed by atoms with Crippen molar-refractivity contribution in [3.63, 3.8) is 0 Å². The van der Waals surface area contributed by atoms with Crippen LogP contribution in [-0.2, 0) is 21.2 Å². The molecule has 1 aliphatic rings. The third-order valence-electron chi connectivity index (χ3n) is 4.90. The van der Waals surface area contributed by atoms with Crippen LogP contribution in [0.15, 0.2) is 52.1 Å². The van der Waals surface area contributed by atoms with Gasteiger partial charge in [0.1, 0.15) is 10.7 Å². The van der Waals surface area contributed by atoms with Crippen molar-refractivity contribution in [1.82, 2.24) is 14.2 Å². The molecular weight excluding hydrogens is 475 g/mol. The van der Waals surface area contributed by atoms with Crippen LogP contribution in [-0.4, -0.2) is 60.6 Å². The number of benzene rings is 1. The van der Waals surface area contributed by atoms with E-state index in [1.165, 1.54) is 45.2 Å². The van der Waals surface area contributed by atoms with E-state index < -0.39 is 15.8 Å². The molecule has 0 aliphatic carbocycles. The first-order valence-corrected chi connectivity index (χ1v) is 12.9. The maximum absolute atomic E-state index is 13.9. The zero-order valence-electron chi connectivity index (χ0n) is 16.7. The third-order valence-corrected chi connectivity index (χ3v) is 8.50. The number of rotatable bonds is 6. The number of hydrogen-bond donors (Lipinski definition) is 1. The Hall–Kier alpha value is -2.67. The van der Waals surface area contributed by atoms with E-state index in [1.54, 1.807) is 22.4 Å². The van der Waals surface area contributed by atoms with Gasteiger partial charge in [-0.1, -0.05) is 18.2 Å². The Bertz CT molecular complexity index is 1220. The number of anilines is 1. The van der Waals surface area contributed by atoms with Crippen molar-refractivity contribution in [1.29, 1.82) is 0 Å². The molecule has 1 aromatic carbocycles. The van der Waals surface area contributed by atoms with Crippen LogP contribution in [0, 0.1) is 5.82 Å². The fourth-order valence-corrected chi connectivity index (χ4v) is 6.06. The number of thiazole rings is 1. The van der Waals surface area contributed by atoms with Gasteiger partial charge in [-0.2, -0.15) is 4.31 Å². The minimum absolute atomic E-state index is 0.0471. The number of amides is 2. The van der Waals surface area contributed by atoms with Gasteiger partial charge < -0.3 is 4.90 Å². The van der Waals surface area contributed by atoms with Crippen LogP contribution >= 0.6 is 22.7 Å². The van der Waals surface area contributed by atoms with Gasteiger partial charge in [0.2, 0.25) is 15.9 Å². The monoisotopic (exact) mass is 494 g/mol. The minimum Gasteiger partial charge on any atom is -0.340 e. The Morgan fingerprint density at radius 3 is 2.50 bits per heavy atom. The topological polar surface area (TPSA) is 99.7 Å². The van der Waals surface area contributed by atoms with E-state index in [0.717, 1.165) is 6.07 Å². The van der Waals surface area contributed by atoms with E-state index in [9.17, 15) is 22.4 Å². The SMILES string of the molecule is O=C(Nc1nc(CC(=O)N2CCN(S(=O)(=O)c3ccccc3F)CC2)cs1)c1cccs1. The molecule has 2 aromatic heterocycles. The van der Waals surface area contributed by atoms with Crippen molar-refractivity contribution >= 4 is 49.6 Å². The van der Waals surface area contributed by atoms with E-state index in [0.29, 0.717) is 15.7 Å². The summed E-state index contributed by atoms with van der Waals surface area (Å²) in [5.41, 5.74) is 0.530. The van der Waals surface area contributed by atoms with Crippen molar-refractivity contribution in [2.24, 2.45) is 0 Å². The number of carbonyl (C=O) groups is 2. The molecule has 1 N–H and O–H groups in total. The average Bonchev–Trinajstić information content (AvgIpc) is 3.46. The number of aromatic nitrogens is 1. The van der Waals surface area contributed by atoms with Gasteiger partial charge in [0.15, 0.2) is 5.13 Å². The first-order chi connectivity index (χ1) is 15.3. The van der Waals surface area contributed by atoms with Crippen molar-refractivity contribution in [3.05, 3.63) is 63.5 Å². The molecule has 1 saturated heterocycles. The lowest BCUT2D eigenvalue weighted by atomic mass is 10.2. The smallest absolute Gasteiger partial charge is 0.267 e. The standard InChI is InChI=1S/C20H19FN4O4S3/c21-15-4-1-2-6-17(15)32(28,29)25-9-7-24(8-10-25)18(26)12-14-13-31-20(22-14)23-19(27)16-5-3-11-30-16/h1-6,11,13H,7-10,12H2,(H,22,23,27). The van der Waals surface area contributed by atoms with Gasteiger partial charge in [-0.3, -0.25) is 14.9 Å². The third kappa shape index (κ3) is 4.88. The van der Waals surface area contributed by atoms with Gasteiger partial charge in [0.05, 0.1) is 17.0 Å². The summed E-state index contributed by atoms with van der Waals surface area (Å²) in [5.74, 6) is -1.23. The van der Waals surface area contributed by atoms with E-state index in [4.69, 9.17) is 0 Å². The molecule has 0 unspecified atom stereocenters. The van der Waals surface area contributed by atoms with Crippen LogP contribution in [0.3, 0.4) is 0 Å². The number of sulfonamides is 1. The van der Waals surface area contributed by atoms with Crippen LogP contribution in [0.5, 0.6) is 0 Å². The van der Waals surface area contributed by atoms with Crippen molar-refractivity contribution in [2.45, 2.75) is 11.3 Å². The van der Waals surface area contributed by atoms with Gasteiger partial charge in [-0.05, 0) is 23.6 Å². The van der Waals surface area contributed by atoms with Crippen LogP contribution in [0.4, 0.5) is 9.52 Å². The molecule has 168 valence electrons. The number of nitrogens with one attached hydrogen (secondary N) is 1. The lowest BCUT2D eigenvalue weighted by molar-refractivity contribution is -0.131.